The lowest BCUT2D eigenvalue weighted by Crippen LogP contribution is -2.16. The van der Waals surface area contributed by atoms with Gasteiger partial charge in [0.25, 0.3) is 0 Å². The summed E-state index contributed by atoms with van der Waals surface area (Å²) in [6.45, 7) is 2.70. The van der Waals surface area contributed by atoms with Crippen molar-refractivity contribution in [3.8, 4) is 5.75 Å². The van der Waals surface area contributed by atoms with Gasteiger partial charge >= 0.3 is 0 Å². The molecule has 0 spiro atoms. The van der Waals surface area contributed by atoms with Crippen molar-refractivity contribution in [1.82, 2.24) is 4.98 Å². The molecule has 0 aliphatic heterocycles. The van der Waals surface area contributed by atoms with E-state index >= 15 is 0 Å². The van der Waals surface area contributed by atoms with E-state index in [1.165, 1.54) is 28.6 Å². The molecule has 2 aromatic rings. The molecule has 0 amide bonds. The van der Waals surface area contributed by atoms with Crippen LogP contribution in [0.25, 0.3) is 10.9 Å². The minimum absolute atomic E-state index is 0.171. The highest BCUT2D eigenvalue weighted by Crippen LogP contribution is 2.35. The van der Waals surface area contributed by atoms with Gasteiger partial charge in [0.2, 0.25) is 0 Å². The van der Waals surface area contributed by atoms with Crippen molar-refractivity contribution in [2.45, 2.75) is 32.2 Å². The molecule has 3 nitrogen and oxygen atoms in total. The van der Waals surface area contributed by atoms with Gasteiger partial charge < -0.3 is 15.5 Å². The highest BCUT2D eigenvalue weighted by atomic mass is 16.5. The van der Waals surface area contributed by atoms with E-state index in [0.29, 0.717) is 6.61 Å². The first-order valence-corrected chi connectivity index (χ1v) is 6.32. The fraction of sp³-hybridized carbons (Fsp3) is 0.429. The van der Waals surface area contributed by atoms with Crippen LogP contribution in [0.3, 0.4) is 0 Å². The summed E-state index contributed by atoms with van der Waals surface area (Å²) in [5.41, 5.74) is 10.0. The first kappa shape index (κ1) is 10.7. The van der Waals surface area contributed by atoms with E-state index in [1.807, 2.05) is 13.0 Å². The molecule has 0 saturated carbocycles. The van der Waals surface area contributed by atoms with Crippen LogP contribution < -0.4 is 10.5 Å². The van der Waals surface area contributed by atoms with E-state index in [4.69, 9.17) is 10.5 Å². The number of fused-ring (bicyclic) bond motifs is 3. The van der Waals surface area contributed by atoms with Gasteiger partial charge in [0.15, 0.2) is 0 Å². The highest BCUT2D eigenvalue weighted by Gasteiger charge is 2.21. The molecule has 1 heterocycles. The van der Waals surface area contributed by atoms with Gasteiger partial charge in [-0.1, -0.05) is 0 Å². The molecule has 1 unspecified atom stereocenters. The fourth-order valence-electron chi connectivity index (χ4n) is 2.77. The van der Waals surface area contributed by atoms with Crippen LogP contribution in [0, 0.1) is 0 Å². The van der Waals surface area contributed by atoms with Crippen LogP contribution in [0.4, 0.5) is 0 Å². The van der Waals surface area contributed by atoms with E-state index in [0.717, 1.165) is 18.6 Å². The number of aryl methyl sites for hydroxylation is 1. The number of H-pyrrole nitrogens is 1. The van der Waals surface area contributed by atoms with Gasteiger partial charge in [-0.15, -0.1) is 0 Å². The Balaban J connectivity index is 2.17. The zero-order valence-corrected chi connectivity index (χ0v) is 10.1. The van der Waals surface area contributed by atoms with E-state index in [1.54, 1.807) is 0 Å². The van der Waals surface area contributed by atoms with Gasteiger partial charge in [0, 0.05) is 22.6 Å². The van der Waals surface area contributed by atoms with Crippen LogP contribution in [-0.2, 0) is 6.42 Å². The predicted octanol–water partition coefficient (Wildman–Crippen LogP) is 2.90. The summed E-state index contributed by atoms with van der Waals surface area (Å²) in [4.78, 5) is 3.48. The Kier molecular flexibility index (Phi) is 2.56. The molecule has 0 radical (unpaired) electrons. The Morgan fingerprint density at radius 1 is 1.47 bits per heavy atom. The van der Waals surface area contributed by atoms with Crippen LogP contribution in [0.15, 0.2) is 18.2 Å². The summed E-state index contributed by atoms with van der Waals surface area (Å²) in [5.74, 6) is 0.930. The zero-order valence-electron chi connectivity index (χ0n) is 10.1. The molecular weight excluding hydrogens is 212 g/mol. The molecule has 1 aliphatic carbocycles. The Hall–Kier alpha value is -1.48. The first-order chi connectivity index (χ1) is 8.29. The van der Waals surface area contributed by atoms with Crippen LogP contribution in [-0.4, -0.2) is 11.6 Å². The average Bonchev–Trinajstić information content (AvgIpc) is 2.68. The number of ether oxygens (including phenoxy) is 1. The van der Waals surface area contributed by atoms with Gasteiger partial charge in [0.1, 0.15) is 5.75 Å². The molecule has 0 bridgehead atoms. The third kappa shape index (κ3) is 1.71. The molecule has 1 aliphatic rings. The van der Waals surface area contributed by atoms with Gasteiger partial charge in [-0.2, -0.15) is 0 Å². The maximum atomic E-state index is 6.22. The Morgan fingerprint density at radius 3 is 3.18 bits per heavy atom. The lowest BCUT2D eigenvalue weighted by Gasteiger charge is -2.18. The molecule has 1 atom stereocenters. The van der Waals surface area contributed by atoms with Crippen molar-refractivity contribution in [3.63, 3.8) is 0 Å². The zero-order chi connectivity index (χ0) is 11.8. The second-order valence-corrected chi connectivity index (χ2v) is 4.66. The van der Waals surface area contributed by atoms with Gasteiger partial charge in [-0.25, -0.2) is 0 Å². The van der Waals surface area contributed by atoms with Crippen LogP contribution in [0.5, 0.6) is 5.75 Å². The average molecular weight is 230 g/mol. The summed E-state index contributed by atoms with van der Waals surface area (Å²) in [7, 11) is 0. The molecule has 90 valence electrons. The SMILES string of the molecule is CCOc1ccc2[nH]c3c(c2c1)C(N)CCC3. The molecule has 17 heavy (non-hydrogen) atoms. The largest absolute Gasteiger partial charge is 0.494 e. The number of hydrogen-bond acceptors (Lipinski definition) is 2. The van der Waals surface area contributed by atoms with Crippen LogP contribution in [0.2, 0.25) is 0 Å². The normalized spacial score (nSPS) is 19.3. The number of benzene rings is 1. The molecule has 3 N–H and O–H groups in total. The van der Waals surface area contributed by atoms with Crippen LogP contribution in [0.1, 0.15) is 37.1 Å². The molecular formula is C14H18N2O. The van der Waals surface area contributed by atoms with Crippen molar-refractivity contribution in [2.24, 2.45) is 5.73 Å². The second-order valence-electron chi connectivity index (χ2n) is 4.66. The van der Waals surface area contributed by atoms with E-state index in [-0.39, 0.29) is 6.04 Å². The number of nitrogens with two attached hydrogens (primary N) is 1. The molecule has 0 fully saturated rings. The standard InChI is InChI=1S/C14H18N2O/c1-2-17-9-6-7-12-10(8-9)14-11(15)4-3-5-13(14)16-12/h6-8,11,16H,2-5,15H2,1H3. The smallest absolute Gasteiger partial charge is 0.120 e. The van der Waals surface area contributed by atoms with Gasteiger partial charge in [-0.05, 0) is 49.9 Å². The lowest BCUT2D eigenvalue weighted by atomic mass is 9.91. The van der Waals surface area contributed by atoms with Crippen molar-refractivity contribution in [2.75, 3.05) is 6.61 Å². The minimum Gasteiger partial charge on any atom is -0.494 e. The summed E-state index contributed by atoms with van der Waals surface area (Å²) in [6, 6.07) is 6.38. The predicted molar refractivity (Wildman–Crippen MR) is 69.3 cm³/mol. The molecule has 1 aromatic heterocycles. The molecule has 1 aromatic carbocycles. The van der Waals surface area contributed by atoms with Crippen molar-refractivity contribution in [3.05, 3.63) is 29.5 Å². The third-order valence-corrected chi connectivity index (χ3v) is 3.52. The van der Waals surface area contributed by atoms with Gasteiger partial charge in [0.05, 0.1) is 6.61 Å². The van der Waals surface area contributed by atoms with E-state index in [9.17, 15) is 0 Å². The number of nitrogens with one attached hydrogen (secondary N) is 1. The van der Waals surface area contributed by atoms with Gasteiger partial charge in [-0.3, -0.25) is 0 Å². The molecule has 3 rings (SSSR count). The van der Waals surface area contributed by atoms with Crippen molar-refractivity contribution >= 4 is 10.9 Å². The summed E-state index contributed by atoms with van der Waals surface area (Å²) in [6.07, 6.45) is 3.37. The fourth-order valence-corrected chi connectivity index (χ4v) is 2.77. The van der Waals surface area contributed by atoms with Crippen LogP contribution >= 0.6 is 0 Å². The number of hydrogen-bond donors (Lipinski definition) is 2. The number of aromatic nitrogens is 1. The van der Waals surface area contributed by atoms with E-state index < -0.39 is 0 Å². The summed E-state index contributed by atoms with van der Waals surface area (Å²) in [5, 5.41) is 1.23. The highest BCUT2D eigenvalue weighted by molar-refractivity contribution is 5.86. The van der Waals surface area contributed by atoms with Crippen molar-refractivity contribution < 1.29 is 4.74 Å². The first-order valence-electron chi connectivity index (χ1n) is 6.32. The molecule has 3 heteroatoms. The number of rotatable bonds is 2. The topological polar surface area (TPSA) is 51.0 Å². The third-order valence-electron chi connectivity index (χ3n) is 3.52. The quantitative estimate of drug-likeness (QED) is 0.833. The Bertz CT molecular complexity index is 544. The molecule has 0 saturated heterocycles. The Labute approximate surface area is 101 Å². The maximum absolute atomic E-state index is 6.22. The van der Waals surface area contributed by atoms with E-state index in [2.05, 4.69) is 17.1 Å². The Morgan fingerprint density at radius 2 is 2.35 bits per heavy atom. The number of aromatic amines is 1. The maximum Gasteiger partial charge on any atom is 0.120 e. The minimum atomic E-state index is 0.171. The second kappa shape index (κ2) is 4.08. The summed E-state index contributed by atoms with van der Waals surface area (Å²) < 4.78 is 5.55. The monoisotopic (exact) mass is 230 g/mol. The summed E-state index contributed by atoms with van der Waals surface area (Å²) >= 11 is 0. The lowest BCUT2D eigenvalue weighted by molar-refractivity contribution is 0.340. The van der Waals surface area contributed by atoms with Crippen molar-refractivity contribution in [1.29, 1.82) is 0 Å².